The van der Waals surface area contributed by atoms with Crippen LogP contribution in [0.1, 0.15) is 32.1 Å². The van der Waals surface area contributed by atoms with Gasteiger partial charge in [-0.2, -0.15) is 0 Å². The second kappa shape index (κ2) is 5.02. The minimum absolute atomic E-state index is 0.0924. The minimum Gasteiger partial charge on any atom is -0.303 e. The van der Waals surface area contributed by atoms with E-state index in [1.54, 1.807) is 0 Å². The van der Waals surface area contributed by atoms with Crippen molar-refractivity contribution in [2.75, 3.05) is 26.7 Å². The quantitative estimate of drug-likeness (QED) is 0.775. The van der Waals surface area contributed by atoms with Crippen LogP contribution in [0.25, 0.3) is 0 Å². The van der Waals surface area contributed by atoms with Crippen LogP contribution in [0.5, 0.6) is 0 Å². The van der Waals surface area contributed by atoms with Crippen molar-refractivity contribution in [1.29, 1.82) is 0 Å². The topological polar surface area (TPSA) is 49.4 Å². The molecule has 1 saturated heterocycles. The van der Waals surface area contributed by atoms with Crippen molar-refractivity contribution in [3.05, 3.63) is 0 Å². The molecule has 0 amide bonds. The fourth-order valence-electron chi connectivity index (χ4n) is 2.70. The highest BCUT2D eigenvalue weighted by Gasteiger charge is 2.36. The molecular formula is C11H22N2O2S. The maximum atomic E-state index is 12.4. The SMILES string of the molecule is CN1CCNC(S(=O)(=O)C2CCCCC2)C1. The van der Waals surface area contributed by atoms with Gasteiger partial charge in [0.05, 0.1) is 5.25 Å². The van der Waals surface area contributed by atoms with Crippen molar-refractivity contribution < 1.29 is 8.42 Å². The Balaban J connectivity index is 2.05. The van der Waals surface area contributed by atoms with Gasteiger partial charge in [-0.1, -0.05) is 19.3 Å². The normalized spacial score (nSPS) is 30.4. The summed E-state index contributed by atoms with van der Waals surface area (Å²) in [6.45, 7) is 2.36. The van der Waals surface area contributed by atoms with Gasteiger partial charge in [0.2, 0.25) is 0 Å². The summed E-state index contributed by atoms with van der Waals surface area (Å²) >= 11 is 0. The first kappa shape index (κ1) is 12.3. The molecule has 5 heteroatoms. The molecule has 1 aliphatic carbocycles. The highest BCUT2D eigenvalue weighted by molar-refractivity contribution is 7.92. The van der Waals surface area contributed by atoms with Crippen LogP contribution in [0.2, 0.25) is 0 Å². The molecule has 0 radical (unpaired) electrons. The largest absolute Gasteiger partial charge is 0.303 e. The average molecular weight is 246 g/mol. The van der Waals surface area contributed by atoms with Crippen molar-refractivity contribution >= 4 is 9.84 Å². The summed E-state index contributed by atoms with van der Waals surface area (Å²) in [7, 11) is -0.980. The van der Waals surface area contributed by atoms with Crippen LogP contribution in [0.3, 0.4) is 0 Å². The van der Waals surface area contributed by atoms with Gasteiger partial charge in [0, 0.05) is 19.6 Å². The third-order valence-corrected chi connectivity index (χ3v) is 6.27. The lowest BCUT2D eigenvalue weighted by Crippen LogP contribution is -2.55. The second-order valence-electron chi connectivity index (χ2n) is 5.05. The van der Waals surface area contributed by atoms with E-state index in [0.717, 1.165) is 38.8 Å². The van der Waals surface area contributed by atoms with Crippen LogP contribution in [0.4, 0.5) is 0 Å². The van der Waals surface area contributed by atoms with E-state index in [4.69, 9.17) is 0 Å². The number of sulfone groups is 1. The lowest BCUT2D eigenvalue weighted by molar-refractivity contribution is 0.270. The van der Waals surface area contributed by atoms with Crippen LogP contribution >= 0.6 is 0 Å². The molecule has 4 nitrogen and oxygen atoms in total. The summed E-state index contributed by atoms with van der Waals surface area (Å²) in [6, 6.07) is 0. The van der Waals surface area contributed by atoms with E-state index in [-0.39, 0.29) is 10.6 Å². The van der Waals surface area contributed by atoms with Gasteiger partial charge in [-0.15, -0.1) is 0 Å². The molecule has 0 aromatic rings. The summed E-state index contributed by atoms with van der Waals surface area (Å²) in [5.41, 5.74) is 0. The fourth-order valence-corrected chi connectivity index (χ4v) is 4.97. The first-order valence-corrected chi connectivity index (χ1v) is 7.86. The summed E-state index contributed by atoms with van der Waals surface area (Å²) in [5, 5.41) is 2.73. The third kappa shape index (κ3) is 2.57. The molecule has 2 rings (SSSR count). The van der Waals surface area contributed by atoms with Crippen molar-refractivity contribution in [1.82, 2.24) is 10.2 Å². The molecule has 16 heavy (non-hydrogen) atoms. The van der Waals surface area contributed by atoms with E-state index in [2.05, 4.69) is 10.2 Å². The maximum absolute atomic E-state index is 12.4. The Labute approximate surface area is 98.3 Å². The van der Waals surface area contributed by atoms with E-state index in [1.165, 1.54) is 6.42 Å². The second-order valence-corrected chi connectivity index (χ2v) is 7.47. The molecule has 1 unspecified atom stereocenters. The molecule has 2 aliphatic rings. The Kier molecular flexibility index (Phi) is 3.87. The molecule has 0 aromatic carbocycles. The number of likely N-dealkylation sites (N-methyl/N-ethyl adjacent to an activating group) is 1. The standard InChI is InChI=1S/C11H22N2O2S/c1-13-8-7-12-11(9-13)16(14,15)10-5-3-2-4-6-10/h10-12H,2-9H2,1H3. The molecule has 0 bridgehead atoms. The van der Waals surface area contributed by atoms with E-state index in [1.807, 2.05) is 7.05 Å². The Bertz CT molecular complexity index is 323. The van der Waals surface area contributed by atoms with Gasteiger partial charge >= 0.3 is 0 Å². The third-order valence-electron chi connectivity index (χ3n) is 3.76. The van der Waals surface area contributed by atoms with Gasteiger partial charge in [0.1, 0.15) is 5.37 Å². The monoisotopic (exact) mass is 246 g/mol. The first-order chi connectivity index (χ1) is 7.60. The molecule has 1 N–H and O–H groups in total. The Morgan fingerprint density at radius 2 is 1.88 bits per heavy atom. The van der Waals surface area contributed by atoms with Crippen molar-refractivity contribution in [3.8, 4) is 0 Å². The number of rotatable bonds is 2. The van der Waals surface area contributed by atoms with Gasteiger partial charge in [-0.3, -0.25) is 5.32 Å². The molecule has 1 heterocycles. The van der Waals surface area contributed by atoms with E-state index in [9.17, 15) is 8.42 Å². The zero-order chi connectivity index (χ0) is 11.6. The molecule has 94 valence electrons. The van der Waals surface area contributed by atoms with Crippen molar-refractivity contribution in [3.63, 3.8) is 0 Å². The van der Waals surface area contributed by atoms with Crippen LogP contribution in [0, 0.1) is 0 Å². The van der Waals surface area contributed by atoms with Crippen molar-refractivity contribution in [2.45, 2.75) is 42.7 Å². The van der Waals surface area contributed by atoms with E-state index in [0.29, 0.717) is 6.54 Å². The molecular weight excluding hydrogens is 224 g/mol. The number of hydrogen-bond acceptors (Lipinski definition) is 4. The number of nitrogens with zero attached hydrogens (tertiary/aromatic N) is 1. The molecule has 1 saturated carbocycles. The van der Waals surface area contributed by atoms with Crippen LogP contribution in [-0.4, -0.2) is 50.6 Å². The smallest absolute Gasteiger partial charge is 0.170 e. The minimum atomic E-state index is -2.97. The predicted octanol–water partition coefficient (Wildman–Crippen LogP) is 0.595. The number of hydrogen-bond donors (Lipinski definition) is 1. The fraction of sp³-hybridized carbons (Fsp3) is 1.00. The van der Waals surface area contributed by atoms with E-state index >= 15 is 0 Å². The van der Waals surface area contributed by atoms with Gasteiger partial charge < -0.3 is 4.90 Å². The lowest BCUT2D eigenvalue weighted by atomic mass is 10.0. The Morgan fingerprint density at radius 3 is 2.50 bits per heavy atom. The van der Waals surface area contributed by atoms with Gasteiger partial charge in [-0.25, -0.2) is 8.42 Å². The number of piperazine rings is 1. The summed E-state index contributed by atoms with van der Waals surface area (Å²) in [4.78, 5) is 2.10. The van der Waals surface area contributed by atoms with Crippen LogP contribution in [0.15, 0.2) is 0 Å². The predicted molar refractivity (Wildman–Crippen MR) is 65.1 cm³/mol. The average Bonchev–Trinajstić information content (AvgIpc) is 2.30. The molecule has 1 atom stereocenters. The summed E-state index contributed by atoms with van der Waals surface area (Å²) in [6.07, 6.45) is 5.08. The summed E-state index contributed by atoms with van der Waals surface area (Å²) < 4.78 is 24.8. The van der Waals surface area contributed by atoms with Crippen LogP contribution < -0.4 is 5.32 Å². The zero-order valence-corrected chi connectivity index (χ0v) is 10.8. The van der Waals surface area contributed by atoms with E-state index < -0.39 is 9.84 Å². The molecule has 0 aromatic heterocycles. The van der Waals surface area contributed by atoms with Crippen molar-refractivity contribution in [2.24, 2.45) is 0 Å². The lowest BCUT2D eigenvalue weighted by Gasteiger charge is -2.34. The zero-order valence-electron chi connectivity index (χ0n) is 9.98. The molecule has 2 fully saturated rings. The number of nitrogens with one attached hydrogen (secondary N) is 1. The molecule has 1 aliphatic heterocycles. The van der Waals surface area contributed by atoms with Gasteiger partial charge in [0.25, 0.3) is 0 Å². The first-order valence-electron chi connectivity index (χ1n) is 6.25. The van der Waals surface area contributed by atoms with Gasteiger partial charge in [-0.05, 0) is 19.9 Å². The Morgan fingerprint density at radius 1 is 1.19 bits per heavy atom. The highest BCUT2D eigenvalue weighted by atomic mass is 32.2. The Hall–Kier alpha value is -0.130. The molecule has 0 spiro atoms. The van der Waals surface area contributed by atoms with Gasteiger partial charge in [0.15, 0.2) is 9.84 Å². The summed E-state index contributed by atoms with van der Waals surface area (Å²) in [5.74, 6) is 0. The highest BCUT2D eigenvalue weighted by Crippen LogP contribution is 2.26. The maximum Gasteiger partial charge on any atom is 0.170 e. The van der Waals surface area contributed by atoms with Crippen LogP contribution in [-0.2, 0) is 9.84 Å².